The standard InChI is InChI=1S/C21H13ClN4O4S/c22-17(20-24-25-21(31-20)19(27)23-14-6-2-1-3-7-14)12-16-9-10-18(30-16)13-5-4-8-15(11-13)26(28)29/h1-12H,(H,23,27)/b17-12-. The first-order valence-electron chi connectivity index (χ1n) is 8.92. The van der Waals surface area contributed by atoms with Crippen molar-refractivity contribution < 1.29 is 14.1 Å². The van der Waals surface area contributed by atoms with Crippen molar-refractivity contribution >= 4 is 51.3 Å². The topological polar surface area (TPSA) is 111 Å². The molecule has 0 unspecified atom stereocenters. The van der Waals surface area contributed by atoms with Crippen LogP contribution < -0.4 is 5.32 Å². The molecule has 2 aromatic heterocycles. The second-order valence-electron chi connectivity index (χ2n) is 6.23. The van der Waals surface area contributed by atoms with E-state index in [1.165, 1.54) is 12.1 Å². The van der Waals surface area contributed by atoms with Crippen LogP contribution in [-0.2, 0) is 0 Å². The van der Waals surface area contributed by atoms with Gasteiger partial charge in [-0.15, -0.1) is 10.2 Å². The lowest BCUT2D eigenvalue weighted by atomic mass is 10.1. The van der Waals surface area contributed by atoms with E-state index in [4.69, 9.17) is 16.0 Å². The summed E-state index contributed by atoms with van der Waals surface area (Å²) in [6.45, 7) is 0. The van der Waals surface area contributed by atoms with Crippen LogP contribution in [0.1, 0.15) is 20.6 Å². The smallest absolute Gasteiger partial charge is 0.286 e. The summed E-state index contributed by atoms with van der Waals surface area (Å²) in [6.07, 6.45) is 1.54. The van der Waals surface area contributed by atoms with Crippen molar-refractivity contribution in [2.24, 2.45) is 0 Å². The summed E-state index contributed by atoms with van der Waals surface area (Å²) in [6, 6.07) is 18.5. The number of aromatic nitrogens is 2. The van der Waals surface area contributed by atoms with Crippen LogP contribution in [0.15, 0.2) is 71.1 Å². The molecule has 2 heterocycles. The van der Waals surface area contributed by atoms with E-state index < -0.39 is 4.92 Å². The largest absolute Gasteiger partial charge is 0.457 e. The Hall–Kier alpha value is -3.82. The molecule has 0 aliphatic carbocycles. The summed E-state index contributed by atoms with van der Waals surface area (Å²) in [4.78, 5) is 22.8. The van der Waals surface area contributed by atoms with E-state index in [9.17, 15) is 14.9 Å². The molecule has 0 fully saturated rings. The maximum absolute atomic E-state index is 12.3. The lowest BCUT2D eigenvalue weighted by Gasteiger charge is -2.00. The van der Waals surface area contributed by atoms with E-state index in [-0.39, 0.29) is 21.6 Å². The third-order valence-electron chi connectivity index (χ3n) is 4.09. The molecular weight excluding hydrogens is 440 g/mol. The highest BCUT2D eigenvalue weighted by atomic mass is 35.5. The number of nitro benzene ring substituents is 1. The van der Waals surface area contributed by atoms with E-state index in [2.05, 4.69) is 15.5 Å². The van der Waals surface area contributed by atoms with Crippen LogP contribution >= 0.6 is 22.9 Å². The summed E-state index contributed by atoms with van der Waals surface area (Å²) in [5.41, 5.74) is 1.19. The number of hydrogen-bond donors (Lipinski definition) is 1. The van der Waals surface area contributed by atoms with Gasteiger partial charge >= 0.3 is 0 Å². The number of non-ortho nitro benzene ring substituents is 1. The minimum atomic E-state index is -0.467. The number of hydrogen-bond acceptors (Lipinski definition) is 7. The van der Waals surface area contributed by atoms with Gasteiger partial charge < -0.3 is 9.73 Å². The molecule has 0 radical (unpaired) electrons. The molecule has 4 aromatic rings. The average molecular weight is 453 g/mol. The zero-order chi connectivity index (χ0) is 21.8. The third kappa shape index (κ3) is 4.85. The number of benzene rings is 2. The molecular formula is C21H13ClN4O4S. The molecule has 1 amide bonds. The molecule has 1 N–H and O–H groups in total. The highest BCUT2D eigenvalue weighted by Gasteiger charge is 2.16. The zero-order valence-corrected chi connectivity index (χ0v) is 17.3. The first-order valence-corrected chi connectivity index (χ1v) is 10.1. The molecule has 31 heavy (non-hydrogen) atoms. The van der Waals surface area contributed by atoms with Gasteiger partial charge in [0.1, 0.15) is 11.5 Å². The van der Waals surface area contributed by atoms with Crippen molar-refractivity contribution in [3.05, 3.63) is 92.6 Å². The van der Waals surface area contributed by atoms with Gasteiger partial charge in [-0.1, -0.05) is 53.3 Å². The number of amides is 1. The Labute approximate surface area is 185 Å². The maximum Gasteiger partial charge on any atom is 0.286 e. The SMILES string of the molecule is O=C(Nc1ccccc1)c1nnc(/C(Cl)=C/c2ccc(-c3cccc([N+](=O)[O-])c3)o2)s1. The number of carbonyl (C=O) groups is 1. The average Bonchev–Trinajstić information content (AvgIpc) is 3.45. The molecule has 0 spiro atoms. The summed E-state index contributed by atoms with van der Waals surface area (Å²) in [5.74, 6) is 0.502. The normalized spacial score (nSPS) is 11.3. The van der Waals surface area contributed by atoms with E-state index >= 15 is 0 Å². The Morgan fingerprint density at radius 2 is 1.84 bits per heavy atom. The van der Waals surface area contributed by atoms with Gasteiger partial charge in [-0.3, -0.25) is 14.9 Å². The highest BCUT2D eigenvalue weighted by Crippen LogP contribution is 2.30. The fourth-order valence-corrected chi connectivity index (χ4v) is 3.57. The number of nitro groups is 1. The molecule has 2 aromatic carbocycles. The Morgan fingerprint density at radius 1 is 1.06 bits per heavy atom. The van der Waals surface area contributed by atoms with Crippen molar-refractivity contribution in [2.75, 3.05) is 5.32 Å². The van der Waals surface area contributed by atoms with Crippen molar-refractivity contribution in [3.63, 3.8) is 0 Å². The van der Waals surface area contributed by atoms with Gasteiger partial charge in [0.05, 0.1) is 9.96 Å². The second kappa shape index (κ2) is 8.90. The molecule has 0 bridgehead atoms. The quantitative estimate of drug-likeness (QED) is 0.297. The summed E-state index contributed by atoms with van der Waals surface area (Å²) >= 11 is 7.37. The molecule has 0 saturated heterocycles. The maximum atomic E-state index is 12.3. The van der Waals surface area contributed by atoms with Crippen molar-refractivity contribution in [1.82, 2.24) is 10.2 Å². The molecule has 0 aliphatic rings. The lowest BCUT2D eigenvalue weighted by molar-refractivity contribution is -0.384. The number of para-hydroxylation sites is 1. The molecule has 0 saturated carbocycles. The van der Waals surface area contributed by atoms with Crippen molar-refractivity contribution in [1.29, 1.82) is 0 Å². The minimum Gasteiger partial charge on any atom is -0.457 e. The van der Waals surface area contributed by atoms with E-state index in [1.54, 1.807) is 42.5 Å². The fourth-order valence-electron chi connectivity index (χ4n) is 2.66. The Kier molecular flexibility index (Phi) is 5.87. The van der Waals surface area contributed by atoms with Crippen LogP contribution in [0.2, 0.25) is 0 Å². The van der Waals surface area contributed by atoms with E-state index in [0.717, 1.165) is 11.3 Å². The van der Waals surface area contributed by atoms with Crippen LogP contribution in [0.25, 0.3) is 22.4 Å². The fraction of sp³-hybridized carbons (Fsp3) is 0. The van der Waals surface area contributed by atoms with E-state index in [0.29, 0.717) is 27.8 Å². The van der Waals surface area contributed by atoms with Gasteiger partial charge in [0.15, 0.2) is 5.01 Å². The highest BCUT2D eigenvalue weighted by molar-refractivity contribution is 7.15. The summed E-state index contributed by atoms with van der Waals surface area (Å²) in [5, 5.41) is 22.3. The zero-order valence-electron chi connectivity index (χ0n) is 15.7. The third-order valence-corrected chi connectivity index (χ3v) is 5.45. The van der Waals surface area contributed by atoms with Crippen LogP contribution in [0.4, 0.5) is 11.4 Å². The number of carbonyl (C=O) groups excluding carboxylic acids is 1. The van der Waals surface area contributed by atoms with Gasteiger partial charge in [0.25, 0.3) is 11.6 Å². The van der Waals surface area contributed by atoms with Gasteiger partial charge in [0.2, 0.25) is 5.01 Å². The van der Waals surface area contributed by atoms with Crippen LogP contribution in [-0.4, -0.2) is 21.0 Å². The molecule has 0 aliphatic heterocycles. The number of nitrogens with zero attached hydrogens (tertiary/aromatic N) is 3. The monoisotopic (exact) mass is 452 g/mol. The van der Waals surface area contributed by atoms with Gasteiger partial charge in [-0.2, -0.15) is 0 Å². The summed E-state index contributed by atoms with van der Waals surface area (Å²) < 4.78 is 5.72. The number of furan rings is 1. The Balaban J connectivity index is 1.50. The second-order valence-corrected chi connectivity index (χ2v) is 7.62. The molecule has 4 rings (SSSR count). The number of rotatable bonds is 6. The van der Waals surface area contributed by atoms with E-state index in [1.807, 2.05) is 18.2 Å². The Bertz CT molecular complexity index is 1280. The molecule has 0 atom stereocenters. The molecule has 154 valence electrons. The molecule has 10 heteroatoms. The van der Waals surface area contributed by atoms with Gasteiger partial charge in [-0.25, -0.2) is 0 Å². The predicted molar refractivity (Wildman–Crippen MR) is 119 cm³/mol. The molecule has 8 nitrogen and oxygen atoms in total. The van der Waals surface area contributed by atoms with Crippen molar-refractivity contribution in [3.8, 4) is 11.3 Å². The van der Waals surface area contributed by atoms with Crippen LogP contribution in [0.5, 0.6) is 0 Å². The number of halogens is 1. The van der Waals surface area contributed by atoms with Crippen LogP contribution in [0.3, 0.4) is 0 Å². The number of anilines is 1. The first-order chi connectivity index (χ1) is 15.0. The predicted octanol–water partition coefficient (Wildman–Crippen LogP) is 5.70. The van der Waals surface area contributed by atoms with Gasteiger partial charge in [-0.05, 0) is 24.3 Å². The Morgan fingerprint density at radius 3 is 2.61 bits per heavy atom. The van der Waals surface area contributed by atoms with Gasteiger partial charge in [0, 0.05) is 29.5 Å². The minimum absolute atomic E-state index is 0.0285. The van der Waals surface area contributed by atoms with Crippen molar-refractivity contribution in [2.45, 2.75) is 0 Å². The van der Waals surface area contributed by atoms with Crippen LogP contribution in [0, 0.1) is 10.1 Å². The number of nitrogens with one attached hydrogen (secondary N) is 1. The summed E-state index contributed by atoms with van der Waals surface area (Å²) in [7, 11) is 0. The lowest BCUT2D eigenvalue weighted by Crippen LogP contribution is -2.11. The first kappa shape index (κ1) is 20.5.